The minimum atomic E-state index is -0.370. The van der Waals surface area contributed by atoms with Gasteiger partial charge in [-0.3, -0.25) is 9.78 Å². The Kier molecular flexibility index (Phi) is 7.39. The number of hydrogen-bond donors (Lipinski definition) is 0. The van der Waals surface area contributed by atoms with Gasteiger partial charge in [-0.25, -0.2) is 4.79 Å². The quantitative estimate of drug-likeness (QED) is 0.368. The molecule has 1 amide bonds. The van der Waals surface area contributed by atoms with Crippen LogP contribution in [0.4, 0.5) is 5.69 Å². The summed E-state index contributed by atoms with van der Waals surface area (Å²) in [6.45, 7) is 3.65. The molecule has 1 aliphatic rings. The van der Waals surface area contributed by atoms with Gasteiger partial charge in [0.25, 0.3) is 0 Å². The minimum absolute atomic E-state index is 0.164. The molecule has 29 heavy (non-hydrogen) atoms. The van der Waals surface area contributed by atoms with Crippen LogP contribution in [-0.2, 0) is 20.7 Å². The molecule has 1 aromatic carbocycles. The van der Waals surface area contributed by atoms with Gasteiger partial charge in [0.05, 0.1) is 19.4 Å². The zero-order chi connectivity index (χ0) is 20.5. The summed E-state index contributed by atoms with van der Waals surface area (Å²) >= 11 is 0. The van der Waals surface area contributed by atoms with E-state index in [9.17, 15) is 9.59 Å². The molecular weight excluding hydrogens is 368 g/mol. The molecule has 0 atom stereocenters. The molecule has 6 nitrogen and oxygen atoms in total. The minimum Gasteiger partial charge on any atom is -0.492 e. The zero-order valence-electron chi connectivity index (χ0n) is 16.7. The molecule has 1 aliphatic heterocycles. The number of aryl methyl sites for hydroxylation is 1. The highest BCUT2D eigenvalue weighted by atomic mass is 16.5. The average Bonchev–Trinajstić information content (AvgIpc) is 3.16. The number of aromatic nitrogens is 1. The third kappa shape index (κ3) is 6.17. The Morgan fingerprint density at radius 3 is 2.79 bits per heavy atom. The van der Waals surface area contributed by atoms with Crippen molar-refractivity contribution in [1.29, 1.82) is 0 Å². The van der Waals surface area contributed by atoms with Gasteiger partial charge in [-0.2, -0.15) is 0 Å². The van der Waals surface area contributed by atoms with Crippen LogP contribution < -0.4 is 9.64 Å². The maximum Gasteiger partial charge on any atom is 0.330 e. The van der Waals surface area contributed by atoms with E-state index >= 15 is 0 Å². The van der Waals surface area contributed by atoms with Crippen LogP contribution in [-0.4, -0.2) is 36.6 Å². The van der Waals surface area contributed by atoms with E-state index in [0.29, 0.717) is 19.6 Å². The van der Waals surface area contributed by atoms with E-state index in [0.717, 1.165) is 48.4 Å². The van der Waals surface area contributed by atoms with E-state index in [-0.39, 0.29) is 11.9 Å². The van der Waals surface area contributed by atoms with Crippen molar-refractivity contribution in [2.24, 2.45) is 0 Å². The van der Waals surface area contributed by atoms with Crippen molar-refractivity contribution >= 4 is 23.6 Å². The monoisotopic (exact) mass is 394 g/mol. The fourth-order valence-electron chi connectivity index (χ4n) is 3.19. The van der Waals surface area contributed by atoms with Crippen LogP contribution in [0.5, 0.6) is 5.75 Å². The van der Waals surface area contributed by atoms with E-state index < -0.39 is 0 Å². The first kappa shape index (κ1) is 20.6. The predicted molar refractivity (Wildman–Crippen MR) is 112 cm³/mol. The maximum atomic E-state index is 11.9. The Morgan fingerprint density at radius 1 is 1.24 bits per heavy atom. The van der Waals surface area contributed by atoms with Crippen LogP contribution >= 0.6 is 0 Å². The van der Waals surface area contributed by atoms with Crippen molar-refractivity contribution in [3.05, 3.63) is 59.9 Å². The molecule has 0 unspecified atom stereocenters. The van der Waals surface area contributed by atoms with Crippen LogP contribution in [0.15, 0.2) is 48.8 Å². The van der Waals surface area contributed by atoms with Gasteiger partial charge in [0, 0.05) is 30.9 Å². The summed E-state index contributed by atoms with van der Waals surface area (Å²) in [6, 6.07) is 9.54. The number of nitrogens with zero attached hydrogens (tertiary/aromatic N) is 2. The number of pyridine rings is 1. The lowest BCUT2D eigenvalue weighted by Crippen LogP contribution is -2.23. The molecule has 1 aromatic heterocycles. The number of carbonyl (C=O) groups is 2. The lowest BCUT2D eigenvalue weighted by molar-refractivity contribution is -0.137. The molecule has 6 heteroatoms. The topological polar surface area (TPSA) is 68.7 Å². The second kappa shape index (κ2) is 10.4. The van der Waals surface area contributed by atoms with Crippen molar-refractivity contribution < 1.29 is 19.1 Å². The third-order valence-corrected chi connectivity index (χ3v) is 4.62. The molecule has 0 radical (unpaired) electrons. The van der Waals surface area contributed by atoms with Crippen LogP contribution in [0.2, 0.25) is 0 Å². The first-order valence-corrected chi connectivity index (χ1v) is 9.97. The Labute approximate surface area is 171 Å². The molecule has 0 aliphatic carbocycles. The van der Waals surface area contributed by atoms with Gasteiger partial charge in [-0.05, 0) is 61.6 Å². The van der Waals surface area contributed by atoms with E-state index in [1.165, 1.54) is 6.08 Å². The van der Waals surface area contributed by atoms with E-state index in [2.05, 4.69) is 4.98 Å². The molecule has 1 fully saturated rings. The lowest BCUT2D eigenvalue weighted by atomic mass is 10.1. The number of benzene rings is 1. The number of anilines is 1. The molecule has 2 aromatic rings. The van der Waals surface area contributed by atoms with Gasteiger partial charge < -0.3 is 14.4 Å². The zero-order valence-corrected chi connectivity index (χ0v) is 16.7. The highest BCUT2D eigenvalue weighted by Crippen LogP contribution is 2.22. The molecule has 3 rings (SSSR count). The molecule has 0 saturated carbocycles. The van der Waals surface area contributed by atoms with Gasteiger partial charge in [0.2, 0.25) is 5.91 Å². The summed E-state index contributed by atoms with van der Waals surface area (Å²) in [7, 11) is 0. The van der Waals surface area contributed by atoms with Gasteiger partial charge in [-0.1, -0.05) is 12.1 Å². The van der Waals surface area contributed by atoms with Gasteiger partial charge in [0.1, 0.15) is 5.75 Å². The van der Waals surface area contributed by atoms with Crippen molar-refractivity contribution in [3.8, 4) is 5.75 Å². The third-order valence-electron chi connectivity index (χ3n) is 4.62. The summed E-state index contributed by atoms with van der Waals surface area (Å²) in [5.74, 6) is 0.548. The van der Waals surface area contributed by atoms with Gasteiger partial charge in [-0.15, -0.1) is 0 Å². The molecule has 0 bridgehead atoms. The molecule has 1 saturated heterocycles. The van der Waals surface area contributed by atoms with Crippen LogP contribution in [0, 0.1) is 0 Å². The molecular formula is C23H26N2O4. The number of hydrogen-bond acceptors (Lipinski definition) is 5. The first-order chi connectivity index (χ1) is 14.2. The lowest BCUT2D eigenvalue weighted by Gasteiger charge is -2.15. The van der Waals surface area contributed by atoms with E-state index in [1.807, 2.05) is 37.3 Å². The van der Waals surface area contributed by atoms with Crippen LogP contribution in [0.1, 0.15) is 37.3 Å². The smallest absolute Gasteiger partial charge is 0.330 e. The normalized spacial score (nSPS) is 13.8. The maximum absolute atomic E-state index is 11.9. The molecule has 0 N–H and O–H groups in total. The van der Waals surface area contributed by atoms with E-state index in [1.54, 1.807) is 23.4 Å². The number of ether oxygens (including phenoxy) is 2. The Bertz CT molecular complexity index is 861. The van der Waals surface area contributed by atoms with Crippen LogP contribution in [0.3, 0.4) is 0 Å². The first-order valence-electron chi connectivity index (χ1n) is 9.97. The number of carbonyl (C=O) groups excluding carboxylic acids is 2. The largest absolute Gasteiger partial charge is 0.492 e. The van der Waals surface area contributed by atoms with Crippen molar-refractivity contribution in [2.75, 3.05) is 24.7 Å². The Balaban J connectivity index is 1.40. The summed E-state index contributed by atoms with van der Waals surface area (Å²) in [5.41, 5.74) is 2.84. The summed E-state index contributed by atoms with van der Waals surface area (Å²) in [4.78, 5) is 29.6. The van der Waals surface area contributed by atoms with Crippen molar-refractivity contribution in [3.63, 3.8) is 0 Å². The fourth-order valence-corrected chi connectivity index (χ4v) is 3.19. The van der Waals surface area contributed by atoms with Crippen molar-refractivity contribution in [1.82, 2.24) is 4.98 Å². The second-order valence-electron chi connectivity index (χ2n) is 6.81. The Hall–Kier alpha value is -3.15. The molecule has 152 valence electrons. The number of esters is 1. The SMILES string of the molecule is CCOc1cncc(CCCOC(=O)/C=C/c2ccc(N3CCCC3=O)cc2)c1. The standard InChI is InChI=1S/C23H26N2O4/c1-2-28-21-15-19(16-24-17-21)5-4-14-29-23(27)12-9-18-7-10-20(11-8-18)25-13-3-6-22(25)26/h7-12,15-17H,2-6,13-14H2,1H3/b12-9+. The number of amides is 1. The van der Waals surface area contributed by atoms with Crippen molar-refractivity contribution in [2.45, 2.75) is 32.6 Å². The van der Waals surface area contributed by atoms with Gasteiger partial charge >= 0.3 is 5.97 Å². The summed E-state index contributed by atoms with van der Waals surface area (Å²) in [5, 5.41) is 0. The average molecular weight is 394 g/mol. The summed E-state index contributed by atoms with van der Waals surface area (Å²) in [6.07, 6.45) is 9.62. The highest BCUT2D eigenvalue weighted by Gasteiger charge is 2.21. The highest BCUT2D eigenvalue weighted by molar-refractivity contribution is 5.95. The molecule has 2 heterocycles. The molecule has 0 spiro atoms. The van der Waals surface area contributed by atoms with Gasteiger partial charge in [0.15, 0.2) is 0 Å². The van der Waals surface area contributed by atoms with E-state index in [4.69, 9.17) is 9.47 Å². The fraction of sp³-hybridized carbons (Fsp3) is 0.348. The second-order valence-corrected chi connectivity index (χ2v) is 6.81. The summed E-state index contributed by atoms with van der Waals surface area (Å²) < 4.78 is 10.7. The number of rotatable bonds is 9. The Morgan fingerprint density at radius 2 is 2.07 bits per heavy atom. The van der Waals surface area contributed by atoms with Crippen LogP contribution in [0.25, 0.3) is 6.08 Å². The predicted octanol–water partition coefficient (Wildman–Crippen LogP) is 3.80.